The molecule has 1 amide bonds. The lowest BCUT2D eigenvalue weighted by atomic mass is 10.1. The largest absolute Gasteiger partial charge is 0.335 e. The molecule has 0 bridgehead atoms. The van der Waals surface area contributed by atoms with Gasteiger partial charge < -0.3 is 4.90 Å². The molecule has 0 saturated carbocycles. The molecule has 2 aromatic carbocycles. The van der Waals surface area contributed by atoms with Crippen LogP contribution in [0.3, 0.4) is 0 Å². The standard InChI is InChI=1S/C17H18FNO3S/c1-12(13-4-8-15(18)9-5-13)19(2)17(20)14-6-10-16(11-7-14)23(3,21)22/h4-12H,1-3H3. The maximum atomic E-state index is 13.0. The maximum absolute atomic E-state index is 13.0. The number of carbonyl (C=O) groups excluding carboxylic acids is 1. The Morgan fingerprint density at radius 3 is 2.04 bits per heavy atom. The molecule has 0 spiro atoms. The Hall–Kier alpha value is -2.21. The average Bonchev–Trinajstić information content (AvgIpc) is 2.53. The van der Waals surface area contributed by atoms with Gasteiger partial charge in [0.2, 0.25) is 0 Å². The van der Waals surface area contributed by atoms with E-state index < -0.39 is 9.84 Å². The van der Waals surface area contributed by atoms with Crippen LogP contribution in [-0.2, 0) is 9.84 Å². The molecule has 0 aliphatic carbocycles. The van der Waals surface area contributed by atoms with Gasteiger partial charge in [-0.3, -0.25) is 4.79 Å². The van der Waals surface area contributed by atoms with Crippen molar-refractivity contribution in [3.63, 3.8) is 0 Å². The van der Waals surface area contributed by atoms with Gasteiger partial charge in [-0.1, -0.05) is 12.1 Å². The van der Waals surface area contributed by atoms with Crippen LogP contribution < -0.4 is 0 Å². The first-order valence-electron chi connectivity index (χ1n) is 7.03. The van der Waals surface area contributed by atoms with E-state index in [1.54, 1.807) is 19.2 Å². The van der Waals surface area contributed by atoms with Gasteiger partial charge in [0.25, 0.3) is 5.91 Å². The van der Waals surface area contributed by atoms with Gasteiger partial charge in [-0.15, -0.1) is 0 Å². The van der Waals surface area contributed by atoms with Crippen molar-refractivity contribution >= 4 is 15.7 Å². The number of sulfone groups is 1. The van der Waals surface area contributed by atoms with Crippen molar-refractivity contribution in [1.82, 2.24) is 4.90 Å². The molecule has 1 unspecified atom stereocenters. The Morgan fingerprint density at radius 1 is 1.04 bits per heavy atom. The molecule has 6 heteroatoms. The number of rotatable bonds is 4. The van der Waals surface area contributed by atoms with E-state index in [0.29, 0.717) is 5.56 Å². The summed E-state index contributed by atoms with van der Waals surface area (Å²) in [5.74, 6) is -0.562. The van der Waals surface area contributed by atoms with Crippen LogP contribution in [0.2, 0.25) is 0 Å². The lowest BCUT2D eigenvalue weighted by Crippen LogP contribution is -2.29. The van der Waals surface area contributed by atoms with E-state index >= 15 is 0 Å². The van der Waals surface area contributed by atoms with Crippen LogP contribution in [0.5, 0.6) is 0 Å². The Kier molecular flexibility index (Phi) is 4.85. The Morgan fingerprint density at radius 2 is 1.57 bits per heavy atom. The summed E-state index contributed by atoms with van der Waals surface area (Å²) in [4.78, 5) is 14.2. The van der Waals surface area contributed by atoms with Gasteiger partial charge in [0, 0.05) is 18.9 Å². The smallest absolute Gasteiger partial charge is 0.254 e. The minimum atomic E-state index is -3.29. The molecule has 0 heterocycles. The summed E-state index contributed by atoms with van der Waals surface area (Å²) in [7, 11) is -1.64. The fourth-order valence-corrected chi connectivity index (χ4v) is 2.82. The molecule has 0 radical (unpaired) electrons. The molecular formula is C17H18FNO3S. The maximum Gasteiger partial charge on any atom is 0.254 e. The van der Waals surface area contributed by atoms with Crippen molar-refractivity contribution in [2.24, 2.45) is 0 Å². The number of benzene rings is 2. The first-order valence-corrected chi connectivity index (χ1v) is 8.92. The molecular weight excluding hydrogens is 317 g/mol. The van der Waals surface area contributed by atoms with E-state index in [-0.39, 0.29) is 22.7 Å². The lowest BCUT2D eigenvalue weighted by molar-refractivity contribution is 0.0742. The molecule has 0 aliphatic rings. The first-order chi connectivity index (χ1) is 10.7. The van der Waals surface area contributed by atoms with Gasteiger partial charge >= 0.3 is 0 Å². The summed E-state index contributed by atoms with van der Waals surface area (Å²) in [6.07, 6.45) is 1.12. The molecule has 0 fully saturated rings. The number of hydrogen-bond donors (Lipinski definition) is 0. The zero-order valence-corrected chi connectivity index (χ0v) is 14.0. The quantitative estimate of drug-likeness (QED) is 0.863. The van der Waals surface area contributed by atoms with Crippen molar-refractivity contribution in [3.8, 4) is 0 Å². The highest BCUT2D eigenvalue weighted by molar-refractivity contribution is 7.90. The summed E-state index contributed by atoms with van der Waals surface area (Å²) in [5.41, 5.74) is 1.21. The first kappa shape index (κ1) is 17.1. The third-order valence-electron chi connectivity index (χ3n) is 3.78. The number of carbonyl (C=O) groups is 1. The monoisotopic (exact) mass is 335 g/mol. The van der Waals surface area contributed by atoms with E-state index in [9.17, 15) is 17.6 Å². The second-order valence-electron chi connectivity index (χ2n) is 5.44. The van der Waals surface area contributed by atoms with E-state index in [4.69, 9.17) is 0 Å². The number of hydrogen-bond acceptors (Lipinski definition) is 3. The predicted octanol–water partition coefficient (Wildman–Crippen LogP) is 3.06. The van der Waals surface area contributed by atoms with E-state index in [0.717, 1.165) is 11.8 Å². The molecule has 0 aromatic heterocycles. The fourth-order valence-electron chi connectivity index (χ4n) is 2.19. The summed E-state index contributed by atoms with van der Waals surface area (Å²) in [5, 5.41) is 0. The lowest BCUT2D eigenvalue weighted by Gasteiger charge is -2.25. The number of nitrogens with zero attached hydrogens (tertiary/aromatic N) is 1. The zero-order chi connectivity index (χ0) is 17.2. The molecule has 4 nitrogen and oxygen atoms in total. The molecule has 0 aliphatic heterocycles. The third-order valence-corrected chi connectivity index (χ3v) is 4.91. The number of amides is 1. The highest BCUT2D eigenvalue weighted by Gasteiger charge is 2.19. The molecule has 23 heavy (non-hydrogen) atoms. The Balaban J connectivity index is 2.20. The molecule has 0 N–H and O–H groups in total. The average molecular weight is 335 g/mol. The highest BCUT2D eigenvalue weighted by Crippen LogP contribution is 2.21. The van der Waals surface area contributed by atoms with Gasteiger partial charge in [0.15, 0.2) is 9.84 Å². The molecule has 0 saturated heterocycles. The van der Waals surface area contributed by atoms with Crippen molar-refractivity contribution in [2.75, 3.05) is 13.3 Å². The van der Waals surface area contributed by atoms with Crippen molar-refractivity contribution < 1.29 is 17.6 Å². The topological polar surface area (TPSA) is 54.5 Å². The van der Waals surface area contributed by atoms with Crippen LogP contribution in [0.1, 0.15) is 28.9 Å². The van der Waals surface area contributed by atoms with Gasteiger partial charge in [-0.25, -0.2) is 12.8 Å². The van der Waals surface area contributed by atoms with Crippen molar-refractivity contribution in [1.29, 1.82) is 0 Å². The van der Waals surface area contributed by atoms with Crippen LogP contribution in [0.15, 0.2) is 53.4 Å². The van der Waals surface area contributed by atoms with Gasteiger partial charge in [0.1, 0.15) is 5.82 Å². The van der Waals surface area contributed by atoms with Crippen LogP contribution in [0.25, 0.3) is 0 Å². The molecule has 2 aromatic rings. The predicted molar refractivity (Wildman–Crippen MR) is 86.5 cm³/mol. The van der Waals surface area contributed by atoms with Crippen LogP contribution in [0.4, 0.5) is 4.39 Å². The Bertz CT molecular complexity index is 799. The fraction of sp³-hybridized carbons (Fsp3) is 0.235. The van der Waals surface area contributed by atoms with Gasteiger partial charge in [0.05, 0.1) is 10.9 Å². The third kappa shape index (κ3) is 3.96. The van der Waals surface area contributed by atoms with E-state index in [1.165, 1.54) is 41.3 Å². The minimum absolute atomic E-state index is 0.170. The second kappa shape index (κ2) is 6.50. The van der Waals surface area contributed by atoms with Crippen LogP contribution >= 0.6 is 0 Å². The van der Waals surface area contributed by atoms with Crippen molar-refractivity contribution in [3.05, 3.63) is 65.5 Å². The highest BCUT2D eigenvalue weighted by atomic mass is 32.2. The Labute approximate surface area is 135 Å². The minimum Gasteiger partial charge on any atom is -0.335 e. The number of halogens is 1. The van der Waals surface area contributed by atoms with Crippen LogP contribution in [-0.4, -0.2) is 32.5 Å². The van der Waals surface area contributed by atoms with Crippen LogP contribution in [0, 0.1) is 5.82 Å². The van der Waals surface area contributed by atoms with Gasteiger partial charge in [-0.05, 0) is 48.9 Å². The SMILES string of the molecule is CC(c1ccc(F)cc1)N(C)C(=O)c1ccc(S(C)(=O)=O)cc1. The normalized spacial score (nSPS) is 12.7. The van der Waals surface area contributed by atoms with Crippen molar-refractivity contribution in [2.45, 2.75) is 17.9 Å². The summed E-state index contributed by atoms with van der Waals surface area (Å²) >= 11 is 0. The molecule has 2 rings (SSSR count). The summed E-state index contributed by atoms with van der Waals surface area (Å²) in [6.45, 7) is 1.84. The van der Waals surface area contributed by atoms with E-state index in [2.05, 4.69) is 0 Å². The zero-order valence-electron chi connectivity index (χ0n) is 13.2. The molecule has 1 atom stereocenters. The second-order valence-corrected chi connectivity index (χ2v) is 7.46. The summed E-state index contributed by atoms with van der Waals surface area (Å²) in [6, 6.07) is 11.6. The summed E-state index contributed by atoms with van der Waals surface area (Å²) < 4.78 is 35.9. The molecule has 122 valence electrons. The van der Waals surface area contributed by atoms with Gasteiger partial charge in [-0.2, -0.15) is 0 Å². The van der Waals surface area contributed by atoms with E-state index in [1.807, 2.05) is 6.92 Å².